The van der Waals surface area contributed by atoms with Crippen LogP contribution in [0.5, 0.6) is 0 Å². The summed E-state index contributed by atoms with van der Waals surface area (Å²) >= 11 is 5.81. The van der Waals surface area contributed by atoms with Crippen molar-refractivity contribution in [1.29, 1.82) is 0 Å². The third-order valence-electron chi connectivity index (χ3n) is 2.95. The highest BCUT2D eigenvalue weighted by Gasteiger charge is 2.21. The fourth-order valence-electron chi connectivity index (χ4n) is 1.83. The highest BCUT2D eigenvalue weighted by Crippen LogP contribution is 2.26. The zero-order valence-corrected chi connectivity index (χ0v) is 13.4. The number of sulfonamides is 1. The van der Waals surface area contributed by atoms with Crippen LogP contribution in [0.2, 0.25) is 5.02 Å². The van der Waals surface area contributed by atoms with E-state index in [2.05, 4.69) is 4.72 Å². The average molecular weight is 373 g/mol. The van der Waals surface area contributed by atoms with E-state index in [4.69, 9.17) is 22.4 Å². The molecule has 0 aromatic heterocycles. The normalized spacial score (nSPS) is 11.1. The first-order chi connectivity index (χ1) is 11.1. The summed E-state index contributed by atoms with van der Waals surface area (Å²) in [6.07, 6.45) is 0. The molecule has 2 aromatic carbocycles. The fourth-order valence-corrected chi connectivity index (χ4v) is 3.41. The van der Waals surface area contributed by atoms with E-state index in [1.807, 2.05) is 0 Å². The molecular formula is C14H10ClFN2O5S. The molecule has 0 aliphatic carbocycles. The molecule has 126 valence electrons. The van der Waals surface area contributed by atoms with Crippen molar-refractivity contribution < 1.29 is 27.5 Å². The Hall–Kier alpha value is -2.65. The van der Waals surface area contributed by atoms with Crippen LogP contribution in [0, 0.1) is 5.82 Å². The van der Waals surface area contributed by atoms with Crippen LogP contribution in [-0.2, 0) is 10.0 Å². The second kappa shape index (κ2) is 6.46. The van der Waals surface area contributed by atoms with Gasteiger partial charge in [0.25, 0.3) is 15.9 Å². The molecule has 0 saturated carbocycles. The van der Waals surface area contributed by atoms with E-state index in [9.17, 15) is 22.4 Å². The SMILES string of the molecule is NC(=O)c1cc(NS(=O)(=O)c2cc(C(=O)O)ccc2Cl)ccc1F. The van der Waals surface area contributed by atoms with E-state index >= 15 is 0 Å². The molecule has 0 radical (unpaired) electrons. The molecule has 0 fully saturated rings. The van der Waals surface area contributed by atoms with Gasteiger partial charge in [-0.2, -0.15) is 0 Å². The summed E-state index contributed by atoms with van der Waals surface area (Å²) in [6.45, 7) is 0. The number of primary amides is 1. The molecule has 7 nitrogen and oxygen atoms in total. The number of halogens is 2. The summed E-state index contributed by atoms with van der Waals surface area (Å²) < 4.78 is 40.2. The van der Waals surface area contributed by atoms with Crippen molar-refractivity contribution in [2.24, 2.45) is 5.73 Å². The molecule has 2 aromatic rings. The minimum absolute atomic E-state index is 0.137. The van der Waals surface area contributed by atoms with Crippen LogP contribution in [0.1, 0.15) is 20.7 Å². The molecule has 2 rings (SSSR count). The van der Waals surface area contributed by atoms with Crippen LogP contribution in [0.15, 0.2) is 41.3 Å². The number of nitrogens with one attached hydrogen (secondary N) is 1. The highest BCUT2D eigenvalue weighted by molar-refractivity contribution is 7.92. The summed E-state index contributed by atoms with van der Waals surface area (Å²) in [6, 6.07) is 6.02. The third-order valence-corrected chi connectivity index (χ3v) is 4.81. The Morgan fingerprint density at radius 1 is 1.17 bits per heavy atom. The Bertz CT molecular complexity index is 946. The van der Waals surface area contributed by atoms with E-state index in [0.717, 1.165) is 36.4 Å². The molecule has 0 aliphatic heterocycles. The Labute approximate surface area is 140 Å². The Kier molecular flexibility index (Phi) is 4.76. The molecule has 0 saturated heterocycles. The van der Waals surface area contributed by atoms with Crippen molar-refractivity contribution in [1.82, 2.24) is 0 Å². The van der Waals surface area contributed by atoms with Gasteiger partial charge in [-0.3, -0.25) is 9.52 Å². The van der Waals surface area contributed by atoms with E-state index in [1.54, 1.807) is 0 Å². The van der Waals surface area contributed by atoms with Gasteiger partial charge in [0.2, 0.25) is 0 Å². The topological polar surface area (TPSA) is 127 Å². The largest absolute Gasteiger partial charge is 0.478 e. The Morgan fingerprint density at radius 2 is 1.83 bits per heavy atom. The third kappa shape index (κ3) is 3.63. The summed E-state index contributed by atoms with van der Waals surface area (Å²) in [5.41, 5.74) is 4.08. The fraction of sp³-hybridized carbons (Fsp3) is 0. The Morgan fingerprint density at radius 3 is 2.42 bits per heavy atom. The number of carbonyl (C=O) groups excluding carboxylic acids is 1. The van der Waals surface area contributed by atoms with Crippen LogP contribution in [-0.4, -0.2) is 25.4 Å². The van der Waals surface area contributed by atoms with E-state index in [0.29, 0.717) is 0 Å². The van der Waals surface area contributed by atoms with Gasteiger partial charge in [-0.1, -0.05) is 11.6 Å². The van der Waals surface area contributed by atoms with Gasteiger partial charge in [0.05, 0.1) is 16.1 Å². The van der Waals surface area contributed by atoms with Crippen molar-refractivity contribution in [3.63, 3.8) is 0 Å². The first-order valence-electron chi connectivity index (χ1n) is 6.27. The quantitative estimate of drug-likeness (QED) is 0.740. The van der Waals surface area contributed by atoms with Gasteiger partial charge in [0, 0.05) is 5.69 Å². The van der Waals surface area contributed by atoms with Crippen molar-refractivity contribution in [2.75, 3.05) is 4.72 Å². The summed E-state index contributed by atoms with van der Waals surface area (Å²) in [4.78, 5) is 21.6. The lowest BCUT2D eigenvalue weighted by Crippen LogP contribution is -2.17. The molecule has 24 heavy (non-hydrogen) atoms. The second-order valence-corrected chi connectivity index (χ2v) is 6.67. The summed E-state index contributed by atoms with van der Waals surface area (Å²) in [5.74, 6) is -3.31. The van der Waals surface area contributed by atoms with E-state index in [-0.39, 0.29) is 16.3 Å². The molecule has 4 N–H and O–H groups in total. The zero-order valence-electron chi connectivity index (χ0n) is 11.8. The monoisotopic (exact) mass is 372 g/mol. The standard InChI is InChI=1S/C14H10ClFN2O5S/c15-10-3-1-7(14(20)21)5-12(10)24(22,23)18-8-2-4-11(16)9(6-8)13(17)19/h1-6,18H,(H2,17,19)(H,20,21). The zero-order chi connectivity index (χ0) is 18.1. The van der Waals surface area contributed by atoms with Crippen LogP contribution >= 0.6 is 11.6 Å². The number of carbonyl (C=O) groups is 2. The lowest BCUT2D eigenvalue weighted by molar-refractivity contribution is 0.0696. The number of carboxylic acid groups (broad SMARTS) is 1. The Balaban J connectivity index is 2.46. The molecule has 10 heteroatoms. The van der Waals surface area contributed by atoms with Crippen molar-refractivity contribution >= 4 is 39.2 Å². The lowest BCUT2D eigenvalue weighted by Gasteiger charge is -2.11. The minimum atomic E-state index is -4.28. The molecule has 0 atom stereocenters. The maximum atomic E-state index is 13.4. The smallest absolute Gasteiger partial charge is 0.335 e. The van der Waals surface area contributed by atoms with Crippen molar-refractivity contribution in [3.8, 4) is 0 Å². The van der Waals surface area contributed by atoms with Gasteiger partial charge in [0.15, 0.2) is 0 Å². The number of aromatic carboxylic acids is 1. The molecule has 0 heterocycles. The first kappa shape index (κ1) is 17.7. The molecule has 0 aliphatic rings. The predicted octanol–water partition coefficient (Wildman–Crippen LogP) is 2.08. The molecule has 0 unspecified atom stereocenters. The molecule has 1 amide bonds. The van der Waals surface area contributed by atoms with Gasteiger partial charge in [-0.05, 0) is 36.4 Å². The van der Waals surface area contributed by atoms with Gasteiger partial charge < -0.3 is 10.8 Å². The molecule has 0 spiro atoms. The second-order valence-electron chi connectivity index (χ2n) is 4.61. The lowest BCUT2D eigenvalue weighted by atomic mass is 10.2. The number of hydrogen-bond donors (Lipinski definition) is 3. The highest BCUT2D eigenvalue weighted by atomic mass is 35.5. The molecule has 0 bridgehead atoms. The van der Waals surface area contributed by atoms with E-state index < -0.39 is 38.2 Å². The first-order valence-corrected chi connectivity index (χ1v) is 8.13. The number of rotatable bonds is 5. The molecular weight excluding hydrogens is 363 g/mol. The number of hydrogen-bond acceptors (Lipinski definition) is 4. The van der Waals surface area contributed by atoms with Crippen LogP contribution in [0.3, 0.4) is 0 Å². The number of anilines is 1. The van der Waals surface area contributed by atoms with Crippen molar-refractivity contribution in [3.05, 3.63) is 58.4 Å². The maximum Gasteiger partial charge on any atom is 0.335 e. The van der Waals surface area contributed by atoms with E-state index in [1.165, 1.54) is 0 Å². The number of nitrogens with two attached hydrogens (primary N) is 1. The van der Waals surface area contributed by atoms with Crippen molar-refractivity contribution in [2.45, 2.75) is 4.90 Å². The van der Waals surface area contributed by atoms with Gasteiger partial charge in [-0.15, -0.1) is 0 Å². The van der Waals surface area contributed by atoms with Crippen LogP contribution in [0.25, 0.3) is 0 Å². The number of benzene rings is 2. The summed E-state index contributed by atoms with van der Waals surface area (Å²) in [5, 5.41) is 8.73. The van der Waals surface area contributed by atoms with Gasteiger partial charge in [0.1, 0.15) is 10.7 Å². The van der Waals surface area contributed by atoms with Gasteiger partial charge in [-0.25, -0.2) is 17.6 Å². The van der Waals surface area contributed by atoms with Crippen LogP contribution in [0.4, 0.5) is 10.1 Å². The average Bonchev–Trinajstić information content (AvgIpc) is 2.48. The minimum Gasteiger partial charge on any atom is -0.478 e. The maximum absolute atomic E-state index is 13.4. The summed E-state index contributed by atoms with van der Waals surface area (Å²) in [7, 11) is -4.28. The van der Waals surface area contributed by atoms with Gasteiger partial charge >= 0.3 is 5.97 Å². The number of amides is 1. The number of carboxylic acids is 1. The van der Waals surface area contributed by atoms with Crippen LogP contribution < -0.4 is 10.5 Å². The predicted molar refractivity (Wildman–Crippen MR) is 84.1 cm³/mol.